The van der Waals surface area contributed by atoms with Crippen LogP contribution in [0.3, 0.4) is 0 Å². The van der Waals surface area contributed by atoms with Gasteiger partial charge in [-0.15, -0.1) is 0 Å². The van der Waals surface area contributed by atoms with Crippen molar-refractivity contribution in [3.8, 4) is 0 Å². The number of esters is 2. The smallest absolute Gasteiger partial charge is 0.336 e. The summed E-state index contributed by atoms with van der Waals surface area (Å²) in [7, 11) is 0. The molecule has 1 saturated heterocycles. The van der Waals surface area contributed by atoms with E-state index in [2.05, 4.69) is 0 Å². The Morgan fingerprint density at radius 1 is 1.14 bits per heavy atom. The Labute approximate surface area is 215 Å². The molecule has 4 aliphatic carbocycles. The van der Waals surface area contributed by atoms with Crippen LogP contribution in [-0.4, -0.2) is 57.8 Å². The Morgan fingerprint density at radius 2 is 1.81 bits per heavy atom. The number of cyclic esters (lactones) is 1. The summed E-state index contributed by atoms with van der Waals surface area (Å²) in [6, 6.07) is 0. The number of aliphatic hydroxyl groups excluding tert-OH is 2. The quantitative estimate of drug-likeness (QED) is 0.420. The predicted molar refractivity (Wildman–Crippen MR) is 127 cm³/mol. The van der Waals surface area contributed by atoms with Crippen LogP contribution in [0.2, 0.25) is 0 Å². The number of hydrogen-bond donors (Lipinski definition) is 2. The molecule has 0 aromatic carbocycles. The van der Waals surface area contributed by atoms with E-state index < -0.39 is 75.0 Å². The zero-order valence-electron chi connectivity index (χ0n) is 22.0. The van der Waals surface area contributed by atoms with Gasteiger partial charge in [-0.25, -0.2) is 4.79 Å². The first-order chi connectivity index (χ1) is 17.1. The topological polar surface area (TPSA) is 140 Å². The fourth-order valence-corrected chi connectivity index (χ4v) is 9.87. The maximum Gasteiger partial charge on any atom is 0.336 e. The van der Waals surface area contributed by atoms with Crippen LogP contribution in [0.1, 0.15) is 67.2 Å². The van der Waals surface area contributed by atoms with Crippen molar-refractivity contribution < 1.29 is 43.6 Å². The number of carbonyl (C=O) groups is 4. The lowest BCUT2D eigenvalue weighted by atomic mass is 9.37. The molecule has 9 nitrogen and oxygen atoms in total. The summed E-state index contributed by atoms with van der Waals surface area (Å²) in [6.45, 7) is 10.5. The van der Waals surface area contributed by atoms with Crippen molar-refractivity contribution in [1.29, 1.82) is 0 Å². The average molecular weight is 515 g/mol. The van der Waals surface area contributed by atoms with E-state index in [0.717, 1.165) is 0 Å². The number of ether oxygens (including phenoxy) is 3. The minimum absolute atomic E-state index is 0.0440. The fourth-order valence-electron chi connectivity index (χ4n) is 9.87. The molecule has 9 atom stereocenters. The summed E-state index contributed by atoms with van der Waals surface area (Å²) in [5.41, 5.74) is -4.25. The van der Waals surface area contributed by atoms with Gasteiger partial charge in [0.2, 0.25) is 12.1 Å². The second-order valence-electron chi connectivity index (χ2n) is 13.0. The summed E-state index contributed by atoms with van der Waals surface area (Å²) in [4.78, 5) is 52.5. The number of carbonyl (C=O) groups excluding carboxylic acids is 4. The van der Waals surface area contributed by atoms with Gasteiger partial charge in [0.1, 0.15) is 17.5 Å². The van der Waals surface area contributed by atoms with Crippen LogP contribution in [0.15, 0.2) is 23.0 Å². The van der Waals surface area contributed by atoms with Crippen molar-refractivity contribution in [2.24, 2.45) is 33.5 Å². The van der Waals surface area contributed by atoms with Gasteiger partial charge < -0.3 is 24.4 Å². The van der Waals surface area contributed by atoms with Gasteiger partial charge >= 0.3 is 11.9 Å². The first kappa shape index (κ1) is 24.8. The predicted octanol–water partition coefficient (Wildman–Crippen LogP) is 2.70. The fraction of sp³-hybridized carbons (Fsp3) is 0.714. The van der Waals surface area contributed by atoms with Gasteiger partial charge in [0.25, 0.3) is 0 Å². The lowest BCUT2D eigenvalue weighted by Crippen LogP contribution is -2.71. The van der Waals surface area contributed by atoms with Crippen LogP contribution in [-0.2, 0) is 33.4 Å². The van der Waals surface area contributed by atoms with Crippen LogP contribution in [0, 0.1) is 33.5 Å². The average Bonchev–Trinajstić information content (AvgIpc) is 3.34. The van der Waals surface area contributed by atoms with E-state index in [9.17, 15) is 29.4 Å². The molecule has 0 bridgehead atoms. The molecule has 9 heteroatoms. The van der Waals surface area contributed by atoms with E-state index in [4.69, 9.17) is 14.2 Å². The molecule has 4 fully saturated rings. The van der Waals surface area contributed by atoms with Crippen LogP contribution in [0.5, 0.6) is 0 Å². The van der Waals surface area contributed by atoms with E-state index in [1.54, 1.807) is 20.8 Å². The molecule has 1 spiro atoms. The standard InChI is InChI=1S/C28H34O9/c1-12(29)35-15-11-26(5)14(13-9-18(31)36-23(13)34)10-17-28(26,37-17)27(6)20(15)25(4)8-7-16(30)24(2,3)21(25)19(32)22(27)33/h9,14-15,17-18,20,31-32H,7-8,10-11H2,1-6H3. The number of Topliss-reactive ketones (excluding diaryl/α,β-unsaturated/α-hetero) is 2. The zero-order valence-corrected chi connectivity index (χ0v) is 22.0. The largest absolute Gasteiger partial charge is 0.504 e. The van der Waals surface area contributed by atoms with Gasteiger partial charge in [0.15, 0.2) is 5.76 Å². The van der Waals surface area contributed by atoms with Crippen molar-refractivity contribution in [2.75, 3.05) is 0 Å². The highest BCUT2D eigenvalue weighted by molar-refractivity contribution is 6.04. The Bertz CT molecular complexity index is 1240. The molecule has 0 amide bonds. The Morgan fingerprint density at radius 3 is 2.41 bits per heavy atom. The summed E-state index contributed by atoms with van der Waals surface area (Å²) in [5.74, 6) is -3.00. The van der Waals surface area contributed by atoms with Crippen molar-refractivity contribution in [1.82, 2.24) is 0 Å². The number of hydrogen-bond acceptors (Lipinski definition) is 9. The van der Waals surface area contributed by atoms with E-state index in [1.807, 2.05) is 13.8 Å². The molecule has 3 saturated carbocycles. The van der Waals surface area contributed by atoms with Gasteiger partial charge in [0.05, 0.1) is 11.5 Å². The third kappa shape index (κ3) is 2.58. The summed E-state index contributed by atoms with van der Waals surface area (Å²) < 4.78 is 17.4. The highest BCUT2D eigenvalue weighted by Crippen LogP contribution is 2.81. The van der Waals surface area contributed by atoms with Crippen LogP contribution in [0.4, 0.5) is 0 Å². The Hall–Kier alpha value is -2.52. The summed E-state index contributed by atoms with van der Waals surface area (Å²) >= 11 is 0. The molecule has 2 heterocycles. The molecule has 2 N–H and O–H groups in total. The number of epoxide rings is 1. The van der Waals surface area contributed by atoms with Gasteiger partial charge in [-0.1, -0.05) is 13.8 Å². The summed E-state index contributed by atoms with van der Waals surface area (Å²) in [5, 5.41) is 21.5. The minimum Gasteiger partial charge on any atom is -0.504 e. The maximum absolute atomic E-state index is 14.4. The highest BCUT2D eigenvalue weighted by atomic mass is 16.6. The monoisotopic (exact) mass is 514 g/mol. The maximum atomic E-state index is 14.4. The Kier molecular flexibility index (Phi) is 4.63. The lowest BCUT2D eigenvalue weighted by molar-refractivity contribution is -0.209. The van der Waals surface area contributed by atoms with Gasteiger partial charge in [-0.05, 0) is 51.7 Å². The molecular formula is C28H34O9. The summed E-state index contributed by atoms with van der Waals surface area (Å²) in [6.07, 6.45) is 0.424. The highest BCUT2D eigenvalue weighted by Gasteiger charge is 2.89. The van der Waals surface area contributed by atoms with Crippen LogP contribution in [0.25, 0.3) is 0 Å². The van der Waals surface area contributed by atoms with E-state index in [1.165, 1.54) is 13.0 Å². The lowest BCUT2D eigenvalue weighted by Gasteiger charge is -2.65. The third-order valence-corrected chi connectivity index (χ3v) is 11.0. The second-order valence-corrected chi connectivity index (χ2v) is 13.0. The molecule has 9 unspecified atom stereocenters. The molecule has 37 heavy (non-hydrogen) atoms. The van der Waals surface area contributed by atoms with Gasteiger partial charge in [-0.2, -0.15) is 0 Å². The van der Waals surface area contributed by atoms with Crippen molar-refractivity contribution in [2.45, 2.75) is 91.3 Å². The van der Waals surface area contributed by atoms with Crippen LogP contribution >= 0.6 is 0 Å². The van der Waals surface area contributed by atoms with Crippen molar-refractivity contribution in [3.05, 3.63) is 23.0 Å². The van der Waals surface area contributed by atoms with Gasteiger partial charge in [-0.3, -0.25) is 14.4 Å². The number of fused-ring (bicyclic) bond motifs is 3. The first-order valence-corrected chi connectivity index (χ1v) is 13.1. The van der Waals surface area contributed by atoms with E-state index in [0.29, 0.717) is 30.4 Å². The number of aliphatic hydroxyl groups is 2. The van der Waals surface area contributed by atoms with Crippen molar-refractivity contribution >= 4 is 23.5 Å². The third-order valence-electron chi connectivity index (χ3n) is 11.0. The molecule has 6 aliphatic rings. The van der Waals surface area contributed by atoms with Crippen LogP contribution < -0.4 is 0 Å². The van der Waals surface area contributed by atoms with E-state index >= 15 is 0 Å². The number of rotatable bonds is 2. The minimum atomic E-state index is -1.33. The van der Waals surface area contributed by atoms with Gasteiger partial charge in [0, 0.05) is 47.0 Å². The SMILES string of the molecule is CC(=O)OC1CC2(C)C(C3=CC(O)OC3=O)CC3OC32C2(C)C(=O)C(O)=C3C(C)(C)C(=O)CCC3(C)C12. The molecule has 200 valence electrons. The molecular weight excluding hydrogens is 480 g/mol. The first-order valence-electron chi connectivity index (χ1n) is 13.1. The molecule has 2 aliphatic heterocycles. The Balaban J connectivity index is 1.59. The zero-order chi connectivity index (χ0) is 27.1. The molecule has 0 radical (unpaired) electrons. The number of allylic oxidation sites excluding steroid dienone is 2. The molecule has 0 aromatic heterocycles. The van der Waals surface area contributed by atoms with Crippen molar-refractivity contribution in [3.63, 3.8) is 0 Å². The molecule has 6 rings (SSSR count). The van der Waals surface area contributed by atoms with E-state index in [-0.39, 0.29) is 18.3 Å². The molecule has 0 aromatic rings. The normalized spacial score (nSPS) is 49.4. The second kappa shape index (κ2) is 6.91. The number of ketones is 2.